The van der Waals surface area contributed by atoms with Crippen molar-refractivity contribution < 1.29 is 29.9 Å². The van der Waals surface area contributed by atoms with Crippen molar-refractivity contribution >= 4 is 0 Å². The molecule has 0 bridgehead atoms. The van der Waals surface area contributed by atoms with Crippen LogP contribution in [0, 0.1) is 0 Å². The van der Waals surface area contributed by atoms with Crippen LogP contribution in [0.5, 0.6) is 0 Å². The molecule has 4 N–H and O–H groups in total. The fourth-order valence-electron chi connectivity index (χ4n) is 0.558. The first-order valence-corrected chi connectivity index (χ1v) is 3.95. The Hall–Kier alpha value is -0.240. The van der Waals surface area contributed by atoms with Gasteiger partial charge in [0.1, 0.15) is 19.0 Å². The van der Waals surface area contributed by atoms with Gasteiger partial charge in [-0.25, -0.2) is 0 Å². The topological polar surface area (TPSA) is 99.4 Å². The van der Waals surface area contributed by atoms with Crippen molar-refractivity contribution in [2.75, 3.05) is 33.2 Å². The molecule has 0 amide bonds. The third kappa shape index (κ3) is 5.92. The highest BCUT2D eigenvalue weighted by atomic mass is 16.7. The minimum atomic E-state index is -0.682. The smallest absolute Gasteiger partial charge is 0.147 e. The predicted molar refractivity (Wildman–Crippen MR) is 43.0 cm³/mol. The number of hydrogen-bond donors (Lipinski definition) is 4. The van der Waals surface area contributed by atoms with Crippen LogP contribution >= 0.6 is 0 Å². The van der Waals surface area contributed by atoms with Crippen LogP contribution in [0.25, 0.3) is 0 Å². The van der Waals surface area contributed by atoms with E-state index in [9.17, 15) is 0 Å². The molecule has 6 heteroatoms. The van der Waals surface area contributed by atoms with E-state index in [1.165, 1.54) is 0 Å². The van der Waals surface area contributed by atoms with Gasteiger partial charge in [-0.3, -0.25) is 0 Å². The van der Waals surface area contributed by atoms with Gasteiger partial charge in [0.15, 0.2) is 0 Å². The maximum atomic E-state index is 8.57. The lowest BCUT2D eigenvalue weighted by atomic mass is 10.4. The minimum absolute atomic E-state index is 0.183. The molecule has 0 radical (unpaired) electrons. The van der Waals surface area contributed by atoms with Crippen molar-refractivity contribution in [2.24, 2.45) is 0 Å². The van der Waals surface area contributed by atoms with Gasteiger partial charge in [0, 0.05) is 0 Å². The van der Waals surface area contributed by atoms with E-state index in [0.717, 1.165) is 0 Å². The van der Waals surface area contributed by atoms with E-state index in [1.54, 1.807) is 0 Å². The SMILES string of the molecule is OCC(CO)OCOC(CO)CO. The second-order valence-corrected chi connectivity index (χ2v) is 2.43. The Morgan fingerprint density at radius 1 is 0.692 bits per heavy atom. The van der Waals surface area contributed by atoms with E-state index >= 15 is 0 Å². The van der Waals surface area contributed by atoms with Gasteiger partial charge in [0.05, 0.1) is 26.4 Å². The molecule has 0 fully saturated rings. The molecule has 0 aliphatic heterocycles. The molecule has 0 aromatic heterocycles. The summed E-state index contributed by atoms with van der Waals surface area (Å²) in [6, 6.07) is 0. The highest BCUT2D eigenvalue weighted by Crippen LogP contribution is 1.94. The molecule has 6 nitrogen and oxygen atoms in total. The van der Waals surface area contributed by atoms with Gasteiger partial charge in [-0.1, -0.05) is 0 Å². The second-order valence-electron chi connectivity index (χ2n) is 2.43. The summed E-state index contributed by atoms with van der Waals surface area (Å²) < 4.78 is 9.66. The number of aliphatic hydroxyl groups excluding tert-OH is 4. The van der Waals surface area contributed by atoms with Gasteiger partial charge in [0.25, 0.3) is 0 Å². The van der Waals surface area contributed by atoms with Crippen LogP contribution in [0.15, 0.2) is 0 Å². The fourth-order valence-corrected chi connectivity index (χ4v) is 0.558. The lowest BCUT2D eigenvalue weighted by Gasteiger charge is -2.16. The molecule has 0 saturated heterocycles. The quantitative estimate of drug-likeness (QED) is 0.325. The van der Waals surface area contributed by atoms with E-state index in [0.29, 0.717) is 0 Å². The maximum Gasteiger partial charge on any atom is 0.147 e. The Labute approximate surface area is 76.3 Å². The molecular formula is C7H16O6. The van der Waals surface area contributed by atoms with Crippen molar-refractivity contribution in [3.05, 3.63) is 0 Å². The molecule has 0 rings (SSSR count). The van der Waals surface area contributed by atoms with Crippen molar-refractivity contribution in [1.82, 2.24) is 0 Å². The van der Waals surface area contributed by atoms with E-state index in [4.69, 9.17) is 29.9 Å². The van der Waals surface area contributed by atoms with Crippen LogP contribution in [0.2, 0.25) is 0 Å². The molecule has 0 spiro atoms. The van der Waals surface area contributed by atoms with Crippen LogP contribution in [0.1, 0.15) is 0 Å². The summed E-state index contributed by atoms with van der Waals surface area (Å²) in [5.41, 5.74) is 0. The van der Waals surface area contributed by atoms with Crippen LogP contribution in [0.3, 0.4) is 0 Å². The van der Waals surface area contributed by atoms with Crippen LogP contribution in [-0.4, -0.2) is 65.9 Å². The highest BCUT2D eigenvalue weighted by Gasteiger charge is 2.08. The van der Waals surface area contributed by atoms with Crippen LogP contribution in [0.4, 0.5) is 0 Å². The van der Waals surface area contributed by atoms with E-state index in [1.807, 2.05) is 0 Å². The maximum absolute atomic E-state index is 8.57. The summed E-state index contributed by atoms with van der Waals surface area (Å²) in [6.45, 7) is -1.39. The summed E-state index contributed by atoms with van der Waals surface area (Å²) in [4.78, 5) is 0. The van der Waals surface area contributed by atoms with Crippen LogP contribution in [-0.2, 0) is 9.47 Å². The van der Waals surface area contributed by atoms with E-state index in [2.05, 4.69) is 0 Å². The van der Waals surface area contributed by atoms with Gasteiger partial charge in [0.2, 0.25) is 0 Å². The predicted octanol–water partition coefficient (Wildman–Crippen LogP) is -2.32. The average Bonchev–Trinajstić information content (AvgIpc) is 2.19. The zero-order valence-corrected chi connectivity index (χ0v) is 7.30. The van der Waals surface area contributed by atoms with Gasteiger partial charge < -0.3 is 29.9 Å². The molecule has 0 aromatic rings. The molecule has 0 heterocycles. The third-order valence-electron chi connectivity index (χ3n) is 1.42. The lowest BCUT2D eigenvalue weighted by molar-refractivity contribution is -0.152. The first-order chi connectivity index (χ1) is 6.28. The van der Waals surface area contributed by atoms with Gasteiger partial charge in [-0.05, 0) is 0 Å². The molecule has 0 unspecified atom stereocenters. The van der Waals surface area contributed by atoms with Gasteiger partial charge in [-0.15, -0.1) is 0 Å². The minimum Gasteiger partial charge on any atom is -0.394 e. The number of aliphatic hydroxyl groups is 4. The first kappa shape index (κ1) is 12.8. The molecule has 0 aliphatic carbocycles. The lowest BCUT2D eigenvalue weighted by Crippen LogP contribution is -2.28. The monoisotopic (exact) mass is 196 g/mol. The second kappa shape index (κ2) is 8.36. The summed E-state index contributed by atoms with van der Waals surface area (Å²) >= 11 is 0. The highest BCUT2D eigenvalue weighted by molar-refractivity contribution is 4.52. The zero-order chi connectivity index (χ0) is 10.1. The average molecular weight is 196 g/mol. The molecule has 80 valence electrons. The molecule has 0 saturated carbocycles. The van der Waals surface area contributed by atoms with Crippen LogP contribution < -0.4 is 0 Å². The molecule has 0 aromatic carbocycles. The summed E-state index contributed by atoms with van der Waals surface area (Å²) in [7, 11) is 0. The molecule has 13 heavy (non-hydrogen) atoms. The van der Waals surface area contributed by atoms with Crippen molar-refractivity contribution in [1.29, 1.82) is 0 Å². The Morgan fingerprint density at radius 2 is 1.00 bits per heavy atom. The zero-order valence-electron chi connectivity index (χ0n) is 7.30. The van der Waals surface area contributed by atoms with E-state index in [-0.39, 0.29) is 33.2 Å². The van der Waals surface area contributed by atoms with Crippen molar-refractivity contribution in [3.63, 3.8) is 0 Å². The summed E-state index contributed by atoms with van der Waals surface area (Å²) in [5.74, 6) is 0. The van der Waals surface area contributed by atoms with Gasteiger partial charge >= 0.3 is 0 Å². The standard InChI is InChI=1S/C7H16O6/c8-1-6(2-9)12-5-13-7(3-10)4-11/h6-11H,1-5H2. The molecule has 0 aliphatic rings. The molecular weight excluding hydrogens is 180 g/mol. The van der Waals surface area contributed by atoms with Gasteiger partial charge in [-0.2, -0.15) is 0 Å². The normalized spacial score (nSPS) is 11.5. The Balaban J connectivity index is 3.41. The van der Waals surface area contributed by atoms with E-state index < -0.39 is 12.2 Å². The number of ether oxygens (including phenoxy) is 2. The first-order valence-electron chi connectivity index (χ1n) is 3.95. The fraction of sp³-hybridized carbons (Fsp3) is 1.00. The molecule has 0 atom stereocenters. The Morgan fingerprint density at radius 3 is 1.23 bits per heavy atom. The number of hydrogen-bond acceptors (Lipinski definition) is 6. The van der Waals surface area contributed by atoms with Crippen molar-refractivity contribution in [3.8, 4) is 0 Å². The Kier molecular flexibility index (Phi) is 8.21. The summed E-state index contributed by atoms with van der Waals surface area (Å²) in [5, 5.41) is 34.3. The largest absolute Gasteiger partial charge is 0.394 e. The summed E-state index contributed by atoms with van der Waals surface area (Å²) in [6.07, 6.45) is -1.36. The number of rotatable bonds is 8. The van der Waals surface area contributed by atoms with Crippen molar-refractivity contribution in [2.45, 2.75) is 12.2 Å². The Bertz CT molecular complexity index is 89.2. The third-order valence-corrected chi connectivity index (χ3v) is 1.42.